The van der Waals surface area contributed by atoms with Crippen LogP contribution in [0.25, 0.3) is 0 Å². The molecule has 1 aromatic rings. The first-order chi connectivity index (χ1) is 7.79. The zero-order chi connectivity index (χ0) is 11.4. The predicted octanol–water partition coefficient (Wildman–Crippen LogP) is 2.09. The Bertz CT molecular complexity index is 348. The van der Waals surface area contributed by atoms with Crippen molar-refractivity contribution in [1.29, 1.82) is 0 Å². The summed E-state index contributed by atoms with van der Waals surface area (Å²) in [6.45, 7) is 3.50. The number of phenolic OH excluding ortho intramolecular Hbond substituents is 1. The second kappa shape index (κ2) is 5.21. The quantitative estimate of drug-likeness (QED) is 0.773. The number of nitrogens with one attached hydrogen (secondary N) is 1. The van der Waals surface area contributed by atoms with E-state index in [2.05, 4.69) is 5.32 Å². The van der Waals surface area contributed by atoms with Gasteiger partial charge in [-0.15, -0.1) is 0 Å². The van der Waals surface area contributed by atoms with Crippen molar-refractivity contribution in [3.05, 3.63) is 23.8 Å². The van der Waals surface area contributed by atoms with Crippen molar-refractivity contribution in [1.82, 2.24) is 5.32 Å². The van der Waals surface area contributed by atoms with Gasteiger partial charge in [-0.05, 0) is 50.4 Å². The monoisotopic (exact) mass is 221 g/mol. The molecule has 3 heteroatoms. The Morgan fingerprint density at radius 3 is 2.94 bits per heavy atom. The molecule has 3 nitrogen and oxygen atoms in total. The summed E-state index contributed by atoms with van der Waals surface area (Å²) in [5.41, 5.74) is 1.20. The molecule has 0 aliphatic heterocycles. The van der Waals surface area contributed by atoms with Gasteiger partial charge in [0, 0.05) is 6.04 Å². The lowest BCUT2D eigenvalue weighted by Crippen LogP contribution is -2.19. The second-order valence-corrected chi connectivity index (χ2v) is 4.21. The molecule has 1 aliphatic rings. The first-order valence-corrected chi connectivity index (χ1v) is 5.97. The fourth-order valence-electron chi connectivity index (χ4n) is 1.69. The van der Waals surface area contributed by atoms with Crippen molar-refractivity contribution >= 4 is 0 Å². The topological polar surface area (TPSA) is 41.5 Å². The SMILES string of the molecule is CCOc1cc(CCNC2CC2)ccc1O. The molecule has 2 rings (SSSR count). The largest absolute Gasteiger partial charge is 0.504 e. The Morgan fingerprint density at radius 2 is 2.25 bits per heavy atom. The minimum atomic E-state index is 0.223. The van der Waals surface area contributed by atoms with Crippen LogP contribution in [0.4, 0.5) is 0 Å². The van der Waals surface area contributed by atoms with Gasteiger partial charge in [0.25, 0.3) is 0 Å². The molecule has 0 bridgehead atoms. The number of hydrogen-bond donors (Lipinski definition) is 2. The Kier molecular flexibility index (Phi) is 3.67. The van der Waals surface area contributed by atoms with Gasteiger partial charge in [0.2, 0.25) is 0 Å². The van der Waals surface area contributed by atoms with Crippen molar-refractivity contribution in [3.8, 4) is 11.5 Å². The number of hydrogen-bond acceptors (Lipinski definition) is 3. The molecular weight excluding hydrogens is 202 g/mol. The molecule has 0 radical (unpaired) electrons. The van der Waals surface area contributed by atoms with E-state index >= 15 is 0 Å². The van der Waals surface area contributed by atoms with Crippen molar-refractivity contribution in [2.24, 2.45) is 0 Å². The number of aromatic hydroxyl groups is 1. The molecule has 1 aliphatic carbocycles. The summed E-state index contributed by atoms with van der Waals surface area (Å²) in [5.74, 6) is 0.812. The molecule has 0 unspecified atom stereocenters. The van der Waals surface area contributed by atoms with E-state index in [-0.39, 0.29) is 5.75 Å². The fourth-order valence-corrected chi connectivity index (χ4v) is 1.69. The van der Waals surface area contributed by atoms with E-state index in [0.717, 1.165) is 19.0 Å². The molecule has 2 N–H and O–H groups in total. The van der Waals surface area contributed by atoms with E-state index < -0.39 is 0 Å². The fraction of sp³-hybridized carbons (Fsp3) is 0.538. The normalized spacial score (nSPS) is 15.1. The van der Waals surface area contributed by atoms with Gasteiger partial charge in [0.05, 0.1) is 6.61 Å². The van der Waals surface area contributed by atoms with Crippen molar-refractivity contribution in [2.75, 3.05) is 13.2 Å². The third-order valence-corrected chi connectivity index (χ3v) is 2.75. The number of rotatable bonds is 6. The Morgan fingerprint density at radius 1 is 1.44 bits per heavy atom. The van der Waals surface area contributed by atoms with Gasteiger partial charge in [-0.25, -0.2) is 0 Å². The standard InChI is InChI=1S/C13H19NO2/c1-2-16-13-9-10(3-6-12(13)15)7-8-14-11-4-5-11/h3,6,9,11,14-15H,2,4-5,7-8H2,1H3. The zero-order valence-corrected chi connectivity index (χ0v) is 9.70. The molecule has 0 saturated heterocycles. The summed E-state index contributed by atoms with van der Waals surface area (Å²) in [7, 11) is 0. The summed E-state index contributed by atoms with van der Waals surface area (Å²) in [6.07, 6.45) is 3.62. The second-order valence-electron chi connectivity index (χ2n) is 4.21. The highest BCUT2D eigenvalue weighted by Crippen LogP contribution is 2.27. The Hall–Kier alpha value is -1.22. The highest BCUT2D eigenvalue weighted by atomic mass is 16.5. The molecule has 0 amide bonds. The molecule has 0 atom stereocenters. The molecular formula is C13H19NO2. The van der Waals surface area contributed by atoms with Crippen LogP contribution in [-0.4, -0.2) is 24.3 Å². The van der Waals surface area contributed by atoms with E-state index in [0.29, 0.717) is 12.4 Å². The maximum atomic E-state index is 9.55. The van der Waals surface area contributed by atoms with E-state index in [1.807, 2.05) is 19.1 Å². The van der Waals surface area contributed by atoms with E-state index in [9.17, 15) is 5.11 Å². The molecule has 0 aromatic heterocycles. The maximum Gasteiger partial charge on any atom is 0.161 e. The molecule has 0 spiro atoms. The molecule has 1 fully saturated rings. The average molecular weight is 221 g/mol. The number of phenols is 1. The maximum absolute atomic E-state index is 9.55. The lowest BCUT2D eigenvalue weighted by molar-refractivity contribution is 0.317. The van der Waals surface area contributed by atoms with Crippen LogP contribution in [0, 0.1) is 0 Å². The van der Waals surface area contributed by atoms with Gasteiger partial charge in [-0.2, -0.15) is 0 Å². The van der Waals surface area contributed by atoms with Crippen LogP contribution >= 0.6 is 0 Å². The minimum absolute atomic E-state index is 0.223. The minimum Gasteiger partial charge on any atom is -0.504 e. The van der Waals surface area contributed by atoms with Crippen LogP contribution < -0.4 is 10.1 Å². The van der Waals surface area contributed by atoms with Gasteiger partial charge in [0.1, 0.15) is 0 Å². The van der Waals surface area contributed by atoms with Crippen molar-refractivity contribution in [2.45, 2.75) is 32.2 Å². The van der Waals surface area contributed by atoms with Crippen LogP contribution in [0.15, 0.2) is 18.2 Å². The smallest absolute Gasteiger partial charge is 0.161 e. The van der Waals surface area contributed by atoms with E-state index in [1.165, 1.54) is 18.4 Å². The number of ether oxygens (including phenoxy) is 1. The lowest BCUT2D eigenvalue weighted by atomic mass is 10.1. The van der Waals surface area contributed by atoms with E-state index in [1.54, 1.807) is 6.07 Å². The molecule has 0 heterocycles. The van der Waals surface area contributed by atoms with Crippen LogP contribution in [0.3, 0.4) is 0 Å². The molecule has 88 valence electrons. The highest BCUT2D eigenvalue weighted by Gasteiger charge is 2.19. The van der Waals surface area contributed by atoms with Crippen molar-refractivity contribution < 1.29 is 9.84 Å². The van der Waals surface area contributed by atoms with Crippen LogP contribution in [0.2, 0.25) is 0 Å². The molecule has 1 saturated carbocycles. The van der Waals surface area contributed by atoms with Gasteiger partial charge >= 0.3 is 0 Å². The first-order valence-electron chi connectivity index (χ1n) is 5.97. The number of benzene rings is 1. The average Bonchev–Trinajstić information content (AvgIpc) is 3.07. The summed E-state index contributed by atoms with van der Waals surface area (Å²) in [5, 5.41) is 13.0. The zero-order valence-electron chi connectivity index (χ0n) is 9.70. The van der Waals surface area contributed by atoms with Gasteiger partial charge < -0.3 is 15.2 Å². The summed E-state index contributed by atoms with van der Waals surface area (Å²) < 4.78 is 5.35. The van der Waals surface area contributed by atoms with Crippen LogP contribution in [0.5, 0.6) is 11.5 Å². The van der Waals surface area contributed by atoms with Crippen molar-refractivity contribution in [3.63, 3.8) is 0 Å². The molecule has 16 heavy (non-hydrogen) atoms. The van der Waals surface area contributed by atoms with Gasteiger partial charge in [-0.3, -0.25) is 0 Å². The third kappa shape index (κ3) is 3.14. The summed E-state index contributed by atoms with van der Waals surface area (Å²) >= 11 is 0. The van der Waals surface area contributed by atoms with Crippen LogP contribution in [-0.2, 0) is 6.42 Å². The van der Waals surface area contributed by atoms with Gasteiger partial charge in [0.15, 0.2) is 11.5 Å². The summed E-state index contributed by atoms with van der Waals surface area (Å²) in [4.78, 5) is 0. The summed E-state index contributed by atoms with van der Waals surface area (Å²) in [6, 6.07) is 6.33. The highest BCUT2D eigenvalue weighted by molar-refractivity contribution is 5.41. The van der Waals surface area contributed by atoms with Crippen LogP contribution in [0.1, 0.15) is 25.3 Å². The first kappa shape index (κ1) is 11.3. The Labute approximate surface area is 96.4 Å². The predicted molar refractivity (Wildman–Crippen MR) is 64.0 cm³/mol. The third-order valence-electron chi connectivity index (χ3n) is 2.75. The Balaban J connectivity index is 1.89. The lowest BCUT2D eigenvalue weighted by Gasteiger charge is -2.08. The molecule has 1 aromatic carbocycles. The van der Waals surface area contributed by atoms with Gasteiger partial charge in [-0.1, -0.05) is 6.07 Å². The van der Waals surface area contributed by atoms with E-state index in [4.69, 9.17) is 4.74 Å².